The van der Waals surface area contributed by atoms with E-state index in [1.165, 1.54) is 30.5 Å². The second kappa shape index (κ2) is 12.9. The molecule has 2 aromatic rings. The molecule has 2 heterocycles. The number of nitrogens with zero attached hydrogens (tertiary/aromatic N) is 1. The van der Waals surface area contributed by atoms with Gasteiger partial charge in [-0.2, -0.15) is 0 Å². The second-order valence-corrected chi connectivity index (χ2v) is 13.8. The predicted molar refractivity (Wildman–Crippen MR) is 160 cm³/mol. The van der Waals surface area contributed by atoms with Crippen molar-refractivity contribution in [3.63, 3.8) is 0 Å². The summed E-state index contributed by atoms with van der Waals surface area (Å²) >= 11 is 0. The van der Waals surface area contributed by atoms with Crippen LogP contribution in [0, 0.1) is 5.82 Å². The van der Waals surface area contributed by atoms with Crippen LogP contribution >= 0.6 is 0 Å². The molecule has 2 aliphatic rings. The molecule has 0 aliphatic carbocycles. The van der Waals surface area contributed by atoms with E-state index in [0.29, 0.717) is 54.5 Å². The predicted octanol–water partition coefficient (Wildman–Crippen LogP) is 6.43. The van der Waals surface area contributed by atoms with Gasteiger partial charge in [0.25, 0.3) is 0 Å². The third-order valence-corrected chi connectivity index (χ3v) is 7.63. The highest BCUT2D eigenvalue weighted by molar-refractivity contribution is 8.00. The molecule has 1 N–H and O–H groups in total. The lowest BCUT2D eigenvalue weighted by Gasteiger charge is -2.18. The summed E-state index contributed by atoms with van der Waals surface area (Å²) < 4.78 is 59.8. The first-order chi connectivity index (χ1) is 19.4. The fourth-order valence-corrected chi connectivity index (χ4v) is 5.72. The highest BCUT2D eigenvalue weighted by Gasteiger charge is 2.18. The van der Waals surface area contributed by atoms with Gasteiger partial charge in [-0.1, -0.05) is 6.08 Å². The van der Waals surface area contributed by atoms with Gasteiger partial charge >= 0.3 is 5.97 Å². The van der Waals surface area contributed by atoms with Crippen molar-refractivity contribution in [2.24, 2.45) is 4.99 Å². The summed E-state index contributed by atoms with van der Waals surface area (Å²) in [7, 11) is -2.74. The minimum Gasteiger partial charge on any atom is -0.494 e. The molecule has 1 atom stereocenters. The second-order valence-electron chi connectivity index (χ2n) is 11.1. The van der Waals surface area contributed by atoms with E-state index in [1.807, 2.05) is 0 Å². The minimum absolute atomic E-state index is 0.0453. The van der Waals surface area contributed by atoms with Crippen LogP contribution in [0.3, 0.4) is 0 Å². The Bertz CT molecular complexity index is 1510. The molecule has 0 amide bonds. The van der Waals surface area contributed by atoms with E-state index in [9.17, 15) is 13.4 Å². The molecule has 0 radical (unpaired) electrons. The van der Waals surface area contributed by atoms with Crippen molar-refractivity contribution in [1.82, 2.24) is 0 Å². The Morgan fingerprint density at radius 3 is 2.61 bits per heavy atom. The molecule has 6 bridgehead atoms. The van der Waals surface area contributed by atoms with E-state index < -0.39 is 32.7 Å². The lowest BCUT2D eigenvalue weighted by atomic mass is 10.1. The number of nitrogens with one attached hydrogen (secondary N) is 1. The zero-order chi connectivity index (χ0) is 29.6. The molecule has 2 aromatic carbocycles. The number of hydrogen-bond donors (Lipinski definition) is 1. The maximum atomic E-state index is 15.1. The maximum absolute atomic E-state index is 15.1. The molecule has 0 saturated heterocycles. The first-order valence-electron chi connectivity index (χ1n) is 13.5. The number of halogens is 2. The molecular formula is C31H36F2N2O5S. The van der Waals surface area contributed by atoms with E-state index in [0.717, 1.165) is 18.2 Å². The quantitative estimate of drug-likeness (QED) is 0.329. The maximum Gasteiger partial charge on any atom is 0.339 e. The number of carbonyl (C=O) groups is 1. The topological polar surface area (TPSA) is 86.2 Å². The lowest BCUT2D eigenvalue weighted by Crippen LogP contribution is -2.26. The molecule has 0 fully saturated rings. The molecule has 1 unspecified atom stereocenters. The largest absolute Gasteiger partial charge is 0.494 e. The van der Waals surface area contributed by atoms with E-state index >= 15 is 4.39 Å². The molecule has 0 aromatic heterocycles. The monoisotopic (exact) mass is 586 g/mol. The van der Waals surface area contributed by atoms with Crippen LogP contribution in [0.1, 0.15) is 57.6 Å². The van der Waals surface area contributed by atoms with Crippen LogP contribution in [0.5, 0.6) is 11.5 Å². The van der Waals surface area contributed by atoms with Crippen LogP contribution in [0.15, 0.2) is 59.4 Å². The smallest absolute Gasteiger partial charge is 0.339 e. The van der Waals surface area contributed by atoms with Crippen molar-refractivity contribution in [2.75, 3.05) is 24.8 Å². The molecule has 41 heavy (non-hydrogen) atoms. The van der Waals surface area contributed by atoms with Crippen molar-refractivity contribution in [3.05, 3.63) is 71.3 Å². The highest BCUT2D eigenvalue weighted by atomic mass is 32.2. The van der Waals surface area contributed by atoms with Gasteiger partial charge in [0.1, 0.15) is 28.7 Å². The minimum atomic E-state index is -2.74. The third kappa shape index (κ3) is 9.18. The number of esters is 1. The number of rotatable bonds is 3. The summed E-state index contributed by atoms with van der Waals surface area (Å²) in [5.74, 6) is -0.592. The number of ether oxygens (including phenoxy) is 3. The highest BCUT2D eigenvalue weighted by Crippen LogP contribution is 2.31. The van der Waals surface area contributed by atoms with Gasteiger partial charge in [0.2, 0.25) is 0 Å². The molecule has 2 aliphatic heterocycles. The van der Waals surface area contributed by atoms with Gasteiger partial charge in [-0.15, -0.1) is 0 Å². The Morgan fingerprint density at radius 2 is 1.85 bits per heavy atom. The number of anilines is 1. The third-order valence-electron chi connectivity index (χ3n) is 6.03. The van der Waals surface area contributed by atoms with Crippen LogP contribution in [0.25, 0.3) is 5.70 Å². The summed E-state index contributed by atoms with van der Waals surface area (Å²) in [5.41, 5.74) is 1.02. The zero-order valence-electron chi connectivity index (χ0n) is 23.8. The van der Waals surface area contributed by atoms with Crippen molar-refractivity contribution in [2.45, 2.75) is 57.8 Å². The number of hydrogen-bond acceptors (Lipinski definition) is 7. The summed E-state index contributed by atoms with van der Waals surface area (Å²) in [5, 5.41) is 4.38. The number of allylic oxidation sites excluding steroid dienone is 2. The van der Waals surface area contributed by atoms with Gasteiger partial charge in [-0.25, -0.2) is 18.6 Å². The fraction of sp³-hybridized carbons (Fsp3) is 0.387. The summed E-state index contributed by atoms with van der Waals surface area (Å²) in [6.07, 6.45) is 7.00. The average molecular weight is 587 g/mol. The molecule has 220 valence electrons. The van der Waals surface area contributed by atoms with Gasteiger partial charge in [0, 0.05) is 35.7 Å². The number of fused-ring (bicyclic) bond motifs is 6. The van der Waals surface area contributed by atoms with Crippen LogP contribution < -0.4 is 14.8 Å². The number of amidine groups is 1. The van der Waals surface area contributed by atoms with E-state index in [-0.39, 0.29) is 17.2 Å². The Balaban J connectivity index is 1.70. The Kier molecular flexibility index (Phi) is 9.53. The Labute approximate surface area is 240 Å². The van der Waals surface area contributed by atoms with Crippen LogP contribution in [0.2, 0.25) is 0 Å². The first kappa shape index (κ1) is 30.3. The van der Waals surface area contributed by atoms with Crippen LogP contribution in [0.4, 0.5) is 14.5 Å². The Morgan fingerprint density at radius 1 is 1.10 bits per heavy atom. The number of aliphatic imine (C=N–C) groups is 1. The SMILES string of the molecule is CC(C)(C)OC(=O)C=S(C)(=O)Cc1cc2cc(c1)OCCCCCOc1cc(ccc1F)C1=C(F)C=CCC(=N1)N2. The average Bonchev–Trinajstić information content (AvgIpc) is 3.02. The van der Waals surface area contributed by atoms with Crippen molar-refractivity contribution in [1.29, 1.82) is 0 Å². The molecule has 0 saturated carbocycles. The Hall–Kier alpha value is -3.66. The van der Waals surface area contributed by atoms with Gasteiger partial charge in [0.05, 0.1) is 18.6 Å². The standard InChI is InChI=1S/C31H36F2N2O5S/c1-31(2,3)40-29(36)20-41(4,37)19-21-15-23-18-24(16-21)38-13-6-5-7-14-39-27-17-22(11-12-25(27)32)30-26(33)9-8-10-28(34-23)35-30/h8-9,11-12,15-18,20H,5-7,10,13-14,19H2,1-4H3,(H,34,35). The van der Waals surface area contributed by atoms with Crippen LogP contribution in [-0.2, 0) is 24.8 Å². The summed E-state index contributed by atoms with van der Waals surface area (Å²) in [6, 6.07) is 9.57. The van der Waals surface area contributed by atoms with Crippen molar-refractivity contribution in [3.8, 4) is 11.5 Å². The van der Waals surface area contributed by atoms with Crippen molar-refractivity contribution >= 4 is 38.1 Å². The van der Waals surface area contributed by atoms with Crippen molar-refractivity contribution < 1.29 is 32.0 Å². The molecule has 0 spiro atoms. The van der Waals surface area contributed by atoms with Gasteiger partial charge in [-0.3, -0.25) is 4.21 Å². The van der Waals surface area contributed by atoms with Gasteiger partial charge < -0.3 is 19.5 Å². The van der Waals surface area contributed by atoms with E-state index in [4.69, 9.17) is 14.2 Å². The normalized spacial score (nSPS) is 17.5. The lowest BCUT2D eigenvalue weighted by molar-refractivity contribution is -0.145. The molecule has 7 nitrogen and oxygen atoms in total. The van der Waals surface area contributed by atoms with Gasteiger partial charge in [0.15, 0.2) is 11.6 Å². The molecule has 10 heteroatoms. The van der Waals surface area contributed by atoms with Crippen LogP contribution in [-0.4, -0.2) is 46.5 Å². The van der Waals surface area contributed by atoms with E-state index in [2.05, 4.69) is 10.3 Å². The van der Waals surface area contributed by atoms with Gasteiger partial charge in [-0.05, 0) is 91.5 Å². The molecular weight excluding hydrogens is 550 g/mol. The zero-order valence-corrected chi connectivity index (χ0v) is 24.6. The first-order valence-corrected chi connectivity index (χ1v) is 15.7. The summed E-state index contributed by atoms with van der Waals surface area (Å²) in [4.78, 5) is 16.9. The molecule has 4 rings (SSSR count). The van der Waals surface area contributed by atoms with E-state index in [1.54, 1.807) is 45.0 Å². The number of benzene rings is 2. The fourth-order valence-electron chi connectivity index (χ4n) is 4.35. The summed E-state index contributed by atoms with van der Waals surface area (Å²) in [6.45, 7) is 5.98. The number of carbonyl (C=O) groups excluding carboxylic acids is 1.